The number of thioether (sulfide) groups is 1. The summed E-state index contributed by atoms with van der Waals surface area (Å²) in [5.74, 6) is 0.0154. The summed E-state index contributed by atoms with van der Waals surface area (Å²) in [5, 5.41) is 6.24. The molecule has 0 unspecified atom stereocenters. The summed E-state index contributed by atoms with van der Waals surface area (Å²) in [6.07, 6.45) is 4.09. The summed E-state index contributed by atoms with van der Waals surface area (Å²) in [7, 11) is 0. The number of amides is 1. The van der Waals surface area contributed by atoms with Gasteiger partial charge in [-0.25, -0.2) is 4.98 Å². The maximum absolute atomic E-state index is 13.7. The molecule has 1 amide bonds. The van der Waals surface area contributed by atoms with Gasteiger partial charge in [0.1, 0.15) is 6.54 Å². The van der Waals surface area contributed by atoms with Crippen LogP contribution in [-0.4, -0.2) is 51.1 Å². The molecule has 4 aromatic rings. The lowest BCUT2D eigenvalue weighted by Crippen LogP contribution is -2.39. The zero-order valence-corrected chi connectivity index (χ0v) is 23.0. The maximum Gasteiger partial charge on any atom is 0.244 e. The Morgan fingerprint density at radius 1 is 1.16 bits per heavy atom. The molecule has 0 saturated carbocycles. The van der Waals surface area contributed by atoms with Crippen LogP contribution in [0.2, 0.25) is 5.02 Å². The number of hydrogen-bond donors (Lipinski definition) is 0. The Bertz CT molecular complexity index is 1410. The molecule has 1 aliphatic rings. The van der Waals surface area contributed by atoms with E-state index < -0.39 is 0 Å². The minimum absolute atomic E-state index is 0.0154. The predicted molar refractivity (Wildman–Crippen MR) is 150 cm³/mol. The molecule has 0 bridgehead atoms. The minimum atomic E-state index is 0.0154. The molecular weight excluding hydrogens is 504 g/mol. The van der Waals surface area contributed by atoms with Crippen LogP contribution in [0.4, 0.5) is 0 Å². The van der Waals surface area contributed by atoms with Crippen molar-refractivity contribution in [2.75, 3.05) is 19.4 Å². The summed E-state index contributed by atoms with van der Waals surface area (Å²) in [6, 6.07) is 18.2. The van der Waals surface area contributed by atoms with Crippen molar-refractivity contribution in [2.24, 2.45) is 0 Å². The first-order chi connectivity index (χ1) is 17.9. The third-order valence-electron chi connectivity index (χ3n) is 6.77. The molecule has 6 nitrogen and oxygen atoms in total. The number of ether oxygens (including phenoxy) is 1. The first-order valence-corrected chi connectivity index (χ1v) is 14.1. The van der Waals surface area contributed by atoms with Gasteiger partial charge in [0, 0.05) is 46.3 Å². The fourth-order valence-corrected chi connectivity index (χ4v) is 5.41. The van der Waals surface area contributed by atoms with Gasteiger partial charge in [0.25, 0.3) is 0 Å². The Kier molecular flexibility index (Phi) is 7.84. The van der Waals surface area contributed by atoms with Crippen LogP contribution >= 0.6 is 23.4 Å². The number of hydrogen-bond acceptors (Lipinski definition) is 5. The number of halogens is 1. The van der Waals surface area contributed by atoms with E-state index in [1.165, 1.54) is 0 Å². The van der Waals surface area contributed by atoms with Crippen molar-refractivity contribution >= 4 is 40.2 Å². The topological polar surface area (TPSA) is 60.2 Å². The van der Waals surface area contributed by atoms with E-state index in [4.69, 9.17) is 21.3 Å². The number of fused-ring (bicyclic) bond motifs is 1. The van der Waals surface area contributed by atoms with Crippen molar-refractivity contribution in [3.8, 4) is 11.3 Å². The Morgan fingerprint density at radius 3 is 2.65 bits per heavy atom. The van der Waals surface area contributed by atoms with E-state index in [-0.39, 0.29) is 18.6 Å². The summed E-state index contributed by atoms with van der Waals surface area (Å²) < 4.78 is 7.70. The molecule has 0 aliphatic carbocycles. The van der Waals surface area contributed by atoms with Crippen LogP contribution in [0.25, 0.3) is 22.2 Å². The van der Waals surface area contributed by atoms with Crippen LogP contribution in [0.5, 0.6) is 0 Å². The molecule has 37 heavy (non-hydrogen) atoms. The molecule has 0 spiro atoms. The fourth-order valence-electron chi connectivity index (χ4n) is 4.85. The van der Waals surface area contributed by atoms with Gasteiger partial charge < -0.3 is 9.64 Å². The summed E-state index contributed by atoms with van der Waals surface area (Å²) >= 11 is 7.88. The Morgan fingerprint density at radius 2 is 1.97 bits per heavy atom. The fraction of sp³-hybridized carbons (Fsp3) is 0.345. The number of rotatable bonds is 8. The van der Waals surface area contributed by atoms with Gasteiger partial charge in [-0.15, -0.1) is 11.8 Å². The summed E-state index contributed by atoms with van der Waals surface area (Å²) in [4.78, 5) is 21.8. The standard InChI is InChI=1S/C29H31ClN4O2S/c1-19-13-20(2)34(32-19)18-28(35)33(17-25-5-4-12-36-25)16-23-14-22-8-11-26(37-3)15-27(22)31-29(23)21-6-9-24(30)10-7-21/h6-11,13-15,25H,4-5,12,16-18H2,1-3H3/t25-/m1/s1. The third-order valence-corrected chi connectivity index (χ3v) is 7.75. The highest BCUT2D eigenvalue weighted by Crippen LogP contribution is 2.30. The van der Waals surface area contributed by atoms with Crippen molar-refractivity contribution in [1.29, 1.82) is 0 Å². The lowest BCUT2D eigenvalue weighted by atomic mass is 10.0. The van der Waals surface area contributed by atoms with Crippen LogP contribution in [0, 0.1) is 13.8 Å². The monoisotopic (exact) mass is 534 g/mol. The molecular formula is C29H31ClN4O2S. The minimum Gasteiger partial charge on any atom is -0.376 e. The van der Waals surface area contributed by atoms with Crippen molar-refractivity contribution in [3.63, 3.8) is 0 Å². The average Bonchev–Trinajstić information content (AvgIpc) is 3.52. The molecule has 2 aromatic heterocycles. The van der Waals surface area contributed by atoms with Crippen molar-refractivity contribution in [1.82, 2.24) is 19.7 Å². The largest absolute Gasteiger partial charge is 0.376 e. The van der Waals surface area contributed by atoms with Crippen LogP contribution in [-0.2, 0) is 22.6 Å². The summed E-state index contributed by atoms with van der Waals surface area (Å²) in [6.45, 7) is 5.84. The number of nitrogens with zero attached hydrogens (tertiary/aromatic N) is 4. The van der Waals surface area contributed by atoms with Crippen LogP contribution in [0.15, 0.2) is 59.5 Å². The van der Waals surface area contributed by atoms with Gasteiger partial charge in [0.2, 0.25) is 5.91 Å². The highest BCUT2D eigenvalue weighted by molar-refractivity contribution is 7.98. The molecule has 1 aliphatic heterocycles. The van der Waals surface area contributed by atoms with Gasteiger partial charge in [-0.1, -0.05) is 29.8 Å². The van der Waals surface area contributed by atoms with E-state index >= 15 is 0 Å². The predicted octanol–water partition coefficient (Wildman–Crippen LogP) is 6.30. The average molecular weight is 535 g/mol. The zero-order chi connectivity index (χ0) is 25.9. The van der Waals surface area contributed by atoms with Crippen LogP contribution in [0.3, 0.4) is 0 Å². The van der Waals surface area contributed by atoms with E-state index in [2.05, 4.69) is 35.6 Å². The second-order valence-electron chi connectivity index (χ2n) is 9.56. The molecule has 0 N–H and O–H groups in total. The van der Waals surface area contributed by atoms with E-state index in [1.54, 1.807) is 16.4 Å². The number of carbonyl (C=O) groups is 1. The van der Waals surface area contributed by atoms with Crippen molar-refractivity contribution in [2.45, 2.75) is 50.8 Å². The van der Waals surface area contributed by atoms with Gasteiger partial charge in [0.05, 0.1) is 23.0 Å². The molecule has 1 atom stereocenters. The number of carbonyl (C=O) groups excluding carboxylic acids is 1. The van der Waals surface area contributed by atoms with Crippen LogP contribution in [0.1, 0.15) is 29.8 Å². The number of pyridine rings is 1. The summed E-state index contributed by atoms with van der Waals surface area (Å²) in [5.41, 5.74) is 5.63. The smallest absolute Gasteiger partial charge is 0.244 e. The molecule has 3 heterocycles. The van der Waals surface area contributed by atoms with Crippen LogP contribution < -0.4 is 0 Å². The Hall–Kier alpha value is -2.87. The quantitative estimate of drug-likeness (QED) is 0.248. The van der Waals surface area contributed by atoms with E-state index in [0.717, 1.165) is 63.5 Å². The molecule has 5 rings (SSSR count). The lowest BCUT2D eigenvalue weighted by molar-refractivity contribution is -0.134. The first kappa shape index (κ1) is 25.8. The highest BCUT2D eigenvalue weighted by atomic mass is 35.5. The molecule has 1 saturated heterocycles. The SMILES string of the molecule is CSc1ccc2cc(CN(C[C@H]3CCCO3)C(=O)Cn3nc(C)cc3C)c(-c3ccc(Cl)cc3)nc2c1. The molecule has 8 heteroatoms. The zero-order valence-electron chi connectivity index (χ0n) is 21.4. The second-order valence-corrected chi connectivity index (χ2v) is 10.9. The molecule has 192 valence electrons. The van der Waals surface area contributed by atoms with Crippen molar-refractivity contribution < 1.29 is 9.53 Å². The van der Waals surface area contributed by atoms with Gasteiger partial charge in [-0.3, -0.25) is 9.48 Å². The molecule has 2 aromatic carbocycles. The van der Waals surface area contributed by atoms with Gasteiger partial charge in [-0.05, 0) is 74.9 Å². The number of aromatic nitrogens is 3. The van der Waals surface area contributed by atoms with Crippen molar-refractivity contribution in [3.05, 3.63) is 76.6 Å². The Balaban J connectivity index is 1.54. The third kappa shape index (κ3) is 6.00. The van der Waals surface area contributed by atoms with E-state index in [0.29, 0.717) is 18.1 Å². The lowest BCUT2D eigenvalue weighted by Gasteiger charge is -2.27. The van der Waals surface area contributed by atoms with Gasteiger partial charge in [0.15, 0.2) is 0 Å². The second kappa shape index (κ2) is 11.3. The highest BCUT2D eigenvalue weighted by Gasteiger charge is 2.25. The van der Waals surface area contributed by atoms with E-state index in [9.17, 15) is 4.79 Å². The molecule has 0 radical (unpaired) electrons. The normalized spacial score (nSPS) is 15.4. The Labute approximate surface area is 227 Å². The maximum atomic E-state index is 13.7. The van der Waals surface area contributed by atoms with Gasteiger partial charge >= 0.3 is 0 Å². The number of benzene rings is 2. The number of aryl methyl sites for hydroxylation is 2. The molecule has 1 fully saturated rings. The first-order valence-electron chi connectivity index (χ1n) is 12.5. The van der Waals surface area contributed by atoms with E-state index in [1.807, 2.05) is 49.1 Å². The van der Waals surface area contributed by atoms with Gasteiger partial charge in [-0.2, -0.15) is 5.10 Å².